The number of likely N-dealkylation sites (tertiary alicyclic amines) is 1. The Kier molecular flexibility index (Phi) is 5.82. The van der Waals surface area contributed by atoms with Crippen LogP contribution >= 0.6 is 0 Å². The lowest BCUT2D eigenvalue weighted by atomic mass is 10.1. The van der Waals surface area contributed by atoms with Crippen molar-refractivity contribution < 1.29 is 23.9 Å². The lowest BCUT2D eigenvalue weighted by Gasteiger charge is -2.26. The minimum absolute atomic E-state index is 0.0630. The highest BCUT2D eigenvalue weighted by Crippen LogP contribution is 2.22. The molecule has 28 heavy (non-hydrogen) atoms. The Morgan fingerprint density at radius 3 is 2.68 bits per heavy atom. The molecule has 148 valence electrons. The summed E-state index contributed by atoms with van der Waals surface area (Å²) in [6.45, 7) is 4.59. The summed E-state index contributed by atoms with van der Waals surface area (Å²) in [4.78, 5) is 40.0. The number of carboxylic acids is 1. The maximum Gasteiger partial charge on any atom is 0.326 e. The van der Waals surface area contributed by atoms with Crippen molar-refractivity contribution in [3.05, 3.63) is 59.5 Å². The number of carbonyl (C=O) groups excluding carboxylic acids is 2. The minimum atomic E-state index is -0.975. The first-order valence-corrected chi connectivity index (χ1v) is 9.35. The van der Waals surface area contributed by atoms with Crippen molar-refractivity contribution in [2.24, 2.45) is 0 Å². The van der Waals surface area contributed by atoms with Crippen molar-refractivity contribution >= 4 is 17.8 Å². The highest BCUT2D eigenvalue weighted by atomic mass is 16.4. The summed E-state index contributed by atoms with van der Waals surface area (Å²) in [5.41, 5.74) is 1.23. The zero-order chi connectivity index (χ0) is 20.3. The summed E-state index contributed by atoms with van der Waals surface area (Å²) in [7, 11) is 0. The molecule has 0 aliphatic carbocycles. The maximum absolute atomic E-state index is 12.8. The molecule has 1 N–H and O–H groups in total. The molecule has 1 aromatic heterocycles. The molecule has 1 aromatic carbocycles. The molecule has 1 fully saturated rings. The molecule has 2 heterocycles. The Morgan fingerprint density at radius 1 is 1.25 bits per heavy atom. The maximum atomic E-state index is 12.8. The average Bonchev–Trinajstić information content (AvgIpc) is 3.36. The summed E-state index contributed by atoms with van der Waals surface area (Å²) >= 11 is 0. The SMILES string of the molecule is CC(C)N(Cc1cccc(C(=O)N2CCC[C@@H]2C(=O)O)c1)C(=O)c1ccco1. The fraction of sp³-hybridized carbons (Fsp3) is 0.381. The van der Waals surface area contributed by atoms with Crippen LogP contribution in [0.25, 0.3) is 0 Å². The number of furan rings is 1. The number of amides is 2. The van der Waals surface area contributed by atoms with Crippen LogP contribution in [0.15, 0.2) is 47.1 Å². The number of carboxylic acid groups (broad SMARTS) is 1. The van der Waals surface area contributed by atoms with Crippen molar-refractivity contribution in [3.63, 3.8) is 0 Å². The van der Waals surface area contributed by atoms with Crippen LogP contribution < -0.4 is 0 Å². The first-order chi connectivity index (χ1) is 13.4. The molecule has 1 atom stereocenters. The molecule has 1 saturated heterocycles. The van der Waals surface area contributed by atoms with Crippen molar-refractivity contribution in [3.8, 4) is 0 Å². The van der Waals surface area contributed by atoms with Gasteiger partial charge in [-0.05, 0) is 56.5 Å². The van der Waals surface area contributed by atoms with E-state index in [0.29, 0.717) is 31.5 Å². The van der Waals surface area contributed by atoms with E-state index < -0.39 is 12.0 Å². The smallest absolute Gasteiger partial charge is 0.326 e. The Hall–Kier alpha value is -3.09. The van der Waals surface area contributed by atoms with Crippen LogP contribution in [0.5, 0.6) is 0 Å². The zero-order valence-corrected chi connectivity index (χ0v) is 16.0. The van der Waals surface area contributed by atoms with Crippen LogP contribution in [0.1, 0.15) is 53.2 Å². The fourth-order valence-corrected chi connectivity index (χ4v) is 3.46. The van der Waals surface area contributed by atoms with Gasteiger partial charge >= 0.3 is 5.97 Å². The van der Waals surface area contributed by atoms with Crippen molar-refractivity contribution in [1.29, 1.82) is 0 Å². The van der Waals surface area contributed by atoms with E-state index in [-0.39, 0.29) is 23.6 Å². The predicted molar refractivity (Wildman–Crippen MR) is 102 cm³/mol. The van der Waals surface area contributed by atoms with Crippen LogP contribution in [0.2, 0.25) is 0 Å². The molecule has 2 amide bonds. The third kappa shape index (κ3) is 4.08. The third-order valence-electron chi connectivity index (χ3n) is 4.94. The number of aliphatic carboxylic acids is 1. The molecule has 7 heteroatoms. The number of benzene rings is 1. The second-order valence-electron chi connectivity index (χ2n) is 7.20. The topological polar surface area (TPSA) is 91.1 Å². The summed E-state index contributed by atoms with van der Waals surface area (Å²) in [6, 6.07) is 9.46. The molecule has 0 bridgehead atoms. The summed E-state index contributed by atoms with van der Waals surface area (Å²) in [5.74, 6) is -1.22. The molecule has 2 aromatic rings. The van der Waals surface area contributed by atoms with Gasteiger partial charge in [-0.1, -0.05) is 12.1 Å². The highest BCUT2D eigenvalue weighted by Gasteiger charge is 2.34. The zero-order valence-electron chi connectivity index (χ0n) is 16.0. The van der Waals surface area contributed by atoms with Gasteiger partial charge in [0.2, 0.25) is 0 Å². The lowest BCUT2D eigenvalue weighted by Crippen LogP contribution is -2.40. The quantitative estimate of drug-likeness (QED) is 0.827. The van der Waals surface area contributed by atoms with E-state index in [1.165, 1.54) is 11.2 Å². The van der Waals surface area contributed by atoms with Gasteiger partial charge in [-0.15, -0.1) is 0 Å². The number of carbonyl (C=O) groups is 3. The van der Waals surface area contributed by atoms with Gasteiger partial charge in [0.05, 0.1) is 6.26 Å². The number of hydrogen-bond donors (Lipinski definition) is 1. The molecule has 1 aliphatic heterocycles. The van der Waals surface area contributed by atoms with Gasteiger partial charge in [0.25, 0.3) is 11.8 Å². The van der Waals surface area contributed by atoms with Gasteiger partial charge in [0.15, 0.2) is 5.76 Å². The van der Waals surface area contributed by atoms with E-state index in [1.807, 2.05) is 19.9 Å². The molecule has 0 radical (unpaired) electrons. The normalized spacial score (nSPS) is 16.4. The second kappa shape index (κ2) is 8.29. The predicted octanol–water partition coefficient (Wildman–Crippen LogP) is 3.02. The molecule has 7 nitrogen and oxygen atoms in total. The van der Waals surface area contributed by atoms with Gasteiger partial charge in [-0.2, -0.15) is 0 Å². The molecule has 0 saturated carbocycles. The Labute approximate surface area is 163 Å². The fourth-order valence-electron chi connectivity index (χ4n) is 3.46. The molecule has 0 unspecified atom stereocenters. The van der Waals surface area contributed by atoms with Gasteiger partial charge in [-0.3, -0.25) is 9.59 Å². The third-order valence-corrected chi connectivity index (χ3v) is 4.94. The lowest BCUT2D eigenvalue weighted by molar-refractivity contribution is -0.141. The van der Waals surface area contributed by atoms with Crippen molar-refractivity contribution in [1.82, 2.24) is 9.80 Å². The van der Waals surface area contributed by atoms with E-state index >= 15 is 0 Å². The van der Waals surface area contributed by atoms with Crippen molar-refractivity contribution in [2.75, 3.05) is 6.54 Å². The summed E-state index contributed by atoms with van der Waals surface area (Å²) in [5, 5.41) is 9.32. The van der Waals surface area contributed by atoms with E-state index in [0.717, 1.165) is 5.56 Å². The highest BCUT2D eigenvalue weighted by molar-refractivity contribution is 5.97. The first kappa shape index (κ1) is 19.7. The van der Waals surface area contributed by atoms with Crippen molar-refractivity contribution in [2.45, 2.75) is 45.3 Å². The van der Waals surface area contributed by atoms with E-state index in [1.54, 1.807) is 35.2 Å². The molecule has 3 rings (SSSR count). The summed E-state index contributed by atoms with van der Waals surface area (Å²) in [6.07, 6.45) is 2.61. The van der Waals surface area contributed by atoms with Crippen LogP contribution in [-0.2, 0) is 11.3 Å². The first-order valence-electron chi connectivity index (χ1n) is 9.35. The standard InChI is InChI=1S/C21H24N2O5/c1-14(2)23(20(25)18-9-5-11-28-18)13-15-6-3-7-16(12-15)19(24)22-10-4-8-17(22)21(26)27/h3,5-7,9,11-12,14,17H,4,8,10,13H2,1-2H3,(H,26,27)/t17-/m1/s1. The van der Waals surface area contributed by atoms with Gasteiger partial charge in [-0.25, -0.2) is 4.79 Å². The number of hydrogen-bond acceptors (Lipinski definition) is 4. The molecular formula is C21H24N2O5. The Balaban J connectivity index is 1.79. The molecule has 0 spiro atoms. The number of nitrogens with zero attached hydrogens (tertiary/aromatic N) is 2. The van der Waals surface area contributed by atoms with E-state index in [2.05, 4.69) is 0 Å². The van der Waals surface area contributed by atoms with E-state index in [4.69, 9.17) is 4.42 Å². The minimum Gasteiger partial charge on any atom is -0.480 e. The van der Waals surface area contributed by atoms with Crippen LogP contribution in [-0.4, -0.2) is 51.3 Å². The Morgan fingerprint density at radius 2 is 2.04 bits per heavy atom. The van der Waals surface area contributed by atoms with Gasteiger partial charge < -0.3 is 19.3 Å². The van der Waals surface area contributed by atoms with E-state index in [9.17, 15) is 19.5 Å². The second-order valence-corrected chi connectivity index (χ2v) is 7.20. The van der Waals surface area contributed by atoms with Gasteiger partial charge in [0, 0.05) is 24.7 Å². The van der Waals surface area contributed by atoms with Crippen LogP contribution in [0.3, 0.4) is 0 Å². The number of rotatable bonds is 6. The van der Waals surface area contributed by atoms with Crippen LogP contribution in [0, 0.1) is 0 Å². The monoisotopic (exact) mass is 384 g/mol. The largest absolute Gasteiger partial charge is 0.480 e. The summed E-state index contributed by atoms with van der Waals surface area (Å²) < 4.78 is 5.22. The molecular weight excluding hydrogens is 360 g/mol. The van der Waals surface area contributed by atoms with Gasteiger partial charge in [0.1, 0.15) is 6.04 Å². The van der Waals surface area contributed by atoms with Crippen LogP contribution in [0.4, 0.5) is 0 Å². The average molecular weight is 384 g/mol. The Bertz CT molecular complexity index is 859. The molecule has 1 aliphatic rings.